The second-order valence-electron chi connectivity index (χ2n) is 4.94. The van der Waals surface area contributed by atoms with Gasteiger partial charge in [-0.3, -0.25) is 9.89 Å². The van der Waals surface area contributed by atoms with Crippen molar-refractivity contribution in [1.29, 1.82) is 0 Å². The van der Waals surface area contributed by atoms with Gasteiger partial charge in [0.2, 0.25) is 5.91 Å². The summed E-state index contributed by atoms with van der Waals surface area (Å²) in [5.74, 6) is 0.890. The zero-order chi connectivity index (χ0) is 16.8. The van der Waals surface area contributed by atoms with E-state index in [1.165, 1.54) is 0 Å². The minimum Gasteiger partial charge on any atom is -0.355 e. The Hall–Kier alpha value is -1.12. The number of nitrogens with one attached hydrogen (secondary N) is 2. The summed E-state index contributed by atoms with van der Waals surface area (Å²) in [7, 11) is 0. The molecule has 5 nitrogen and oxygen atoms in total. The SMILES string of the molecule is CCn1c(CCNC(=O)C(C)Sc2ccc(Br)cc2)n[nH]c1=S. The number of nitrogens with zero attached hydrogens (tertiary/aromatic N) is 2. The average Bonchev–Trinajstić information content (AvgIpc) is 2.89. The van der Waals surface area contributed by atoms with Crippen LogP contribution in [0.5, 0.6) is 0 Å². The van der Waals surface area contributed by atoms with Gasteiger partial charge in [-0.15, -0.1) is 11.8 Å². The molecule has 8 heteroatoms. The quantitative estimate of drug-likeness (QED) is 0.536. The van der Waals surface area contributed by atoms with Crippen molar-refractivity contribution in [2.24, 2.45) is 0 Å². The molecule has 1 amide bonds. The van der Waals surface area contributed by atoms with Crippen molar-refractivity contribution in [3.63, 3.8) is 0 Å². The first kappa shape index (κ1) is 18.2. The van der Waals surface area contributed by atoms with Crippen LogP contribution in [-0.4, -0.2) is 32.5 Å². The van der Waals surface area contributed by atoms with Crippen molar-refractivity contribution in [1.82, 2.24) is 20.1 Å². The van der Waals surface area contributed by atoms with Crippen molar-refractivity contribution in [3.8, 4) is 0 Å². The van der Waals surface area contributed by atoms with Crippen molar-refractivity contribution in [3.05, 3.63) is 39.3 Å². The maximum Gasteiger partial charge on any atom is 0.233 e. The van der Waals surface area contributed by atoms with Gasteiger partial charge >= 0.3 is 0 Å². The Morgan fingerprint density at radius 1 is 1.48 bits per heavy atom. The van der Waals surface area contributed by atoms with Gasteiger partial charge in [0.05, 0.1) is 5.25 Å². The van der Waals surface area contributed by atoms with Crippen molar-refractivity contribution in [2.45, 2.75) is 37.0 Å². The molecule has 0 saturated carbocycles. The fourth-order valence-electron chi connectivity index (χ4n) is 2.08. The van der Waals surface area contributed by atoms with Crippen LogP contribution in [0.15, 0.2) is 33.6 Å². The Labute approximate surface area is 153 Å². The lowest BCUT2D eigenvalue weighted by Gasteiger charge is -2.12. The minimum absolute atomic E-state index is 0.0232. The highest BCUT2D eigenvalue weighted by atomic mass is 79.9. The molecule has 1 aromatic carbocycles. The normalized spacial score (nSPS) is 12.1. The average molecular weight is 415 g/mol. The Bertz CT molecular complexity index is 711. The van der Waals surface area contributed by atoms with Crippen LogP contribution in [0, 0.1) is 4.77 Å². The highest BCUT2D eigenvalue weighted by molar-refractivity contribution is 9.10. The number of hydrogen-bond acceptors (Lipinski definition) is 4. The summed E-state index contributed by atoms with van der Waals surface area (Å²) in [6.45, 7) is 5.24. The molecule has 2 aromatic rings. The summed E-state index contributed by atoms with van der Waals surface area (Å²) >= 11 is 10.1. The van der Waals surface area contributed by atoms with E-state index in [9.17, 15) is 4.79 Å². The number of amides is 1. The Morgan fingerprint density at radius 2 is 2.17 bits per heavy atom. The molecule has 124 valence electrons. The number of H-pyrrole nitrogens is 1. The second-order valence-corrected chi connectivity index (χ2v) is 7.66. The van der Waals surface area contributed by atoms with Crippen LogP contribution in [-0.2, 0) is 17.8 Å². The van der Waals surface area contributed by atoms with Gasteiger partial charge in [0.1, 0.15) is 5.82 Å². The van der Waals surface area contributed by atoms with Crippen molar-refractivity contribution < 1.29 is 4.79 Å². The smallest absolute Gasteiger partial charge is 0.233 e. The summed E-state index contributed by atoms with van der Waals surface area (Å²) < 4.78 is 3.58. The van der Waals surface area contributed by atoms with Crippen LogP contribution < -0.4 is 5.32 Å². The topological polar surface area (TPSA) is 62.7 Å². The third-order valence-corrected chi connectivity index (χ3v) is 5.25. The molecule has 1 atom stereocenters. The van der Waals surface area contributed by atoms with Crippen LogP contribution in [0.25, 0.3) is 0 Å². The Kier molecular flexibility index (Phi) is 6.86. The van der Waals surface area contributed by atoms with Crippen LogP contribution >= 0.6 is 39.9 Å². The zero-order valence-electron chi connectivity index (χ0n) is 13.0. The molecule has 2 N–H and O–H groups in total. The summed E-state index contributed by atoms with van der Waals surface area (Å²) in [4.78, 5) is 13.2. The monoisotopic (exact) mass is 414 g/mol. The third-order valence-electron chi connectivity index (χ3n) is 3.30. The number of carbonyl (C=O) groups excluding carboxylic acids is 1. The Balaban J connectivity index is 1.82. The van der Waals surface area contributed by atoms with E-state index >= 15 is 0 Å². The van der Waals surface area contributed by atoms with Crippen LogP contribution in [0.1, 0.15) is 19.7 Å². The highest BCUT2D eigenvalue weighted by Crippen LogP contribution is 2.24. The van der Waals surface area contributed by atoms with E-state index in [-0.39, 0.29) is 11.2 Å². The number of rotatable bonds is 7. The molecule has 0 radical (unpaired) electrons. The lowest BCUT2D eigenvalue weighted by atomic mass is 10.3. The molecular formula is C15H19BrN4OS2. The van der Waals surface area contributed by atoms with Gasteiger partial charge in [0, 0.05) is 28.9 Å². The first-order chi connectivity index (χ1) is 11.0. The fraction of sp³-hybridized carbons (Fsp3) is 0.400. The first-order valence-corrected chi connectivity index (χ1v) is 9.43. The molecule has 0 saturated heterocycles. The van der Waals surface area contributed by atoms with E-state index in [1.54, 1.807) is 11.8 Å². The Morgan fingerprint density at radius 3 is 2.83 bits per heavy atom. The molecule has 1 heterocycles. The van der Waals surface area contributed by atoms with Gasteiger partial charge in [-0.05, 0) is 50.3 Å². The molecule has 0 aliphatic heterocycles. The number of benzene rings is 1. The fourth-order valence-corrected chi connectivity index (χ4v) is 3.52. The molecule has 2 rings (SSSR count). The molecule has 0 aliphatic rings. The number of carbonyl (C=O) groups is 1. The number of aromatic amines is 1. The van der Waals surface area contributed by atoms with Gasteiger partial charge in [-0.1, -0.05) is 15.9 Å². The molecule has 1 aromatic heterocycles. The molecule has 0 aliphatic carbocycles. The van der Waals surface area contributed by atoms with Crippen molar-refractivity contribution in [2.75, 3.05) is 6.54 Å². The molecule has 0 bridgehead atoms. The summed E-state index contributed by atoms with van der Waals surface area (Å²) in [6.07, 6.45) is 0.655. The van der Waals surface area contributed by atoms with E-state index in [0.29, 0.717) is 17.7 Å². The van der Waals surface area contributed by atoms with E-state index < -0.39 is 0 Å². The molecule has 0 fully saturated rings. The molecular weight excluding hydrogens is 396 g/mol. The summed E-state index contributed by atoms with van der Waals surface area (Å²) in [6, 6.07) is 7.94. The molecule has 0 spiro atoms. The number of thioether (sulfide) groups is 1. The van der Waals surface area contributed by atoms with Crippen LogP contribution in [0.2, 0.25) is 0 Å². The van der Waals surface area contributed by atoms with Crippen molar-refractivity contribution >= 4 is 45.8 Å². The van der Waals surface area contributed by atoms with Gasteiger partial charge in [0.25, 0.3) is 0 Å². The second kappa shape index (κ2) is 8.65. The summed E-state index contributed by atoms with van der Waals surface area (Å²) in [5.41, 5.74) is 0. The van der Waals surface area contributed by atoms with E-state index in [2.05, 4.69) is 31.4 Å². The van der Waals surface area contributed by atoms with E-state index in [0.717, 1.165) is 21.7 Å². The minimum atomic E-state index is -0.150. The van der Waals surface area contributed by atoms with Crippen LogP contribution in [0.3, 0.4) is 0 Å². The van der Waals surface area contributed by atoms with Crippen LogP contribution in [0.4, 0.5) is 0 Å². The van der Waals surface area contributed by atoms with E-state index in [4.69, 9.17) is 12.2 Å². The molecule has 23 heavy (non-hydrogen) atoms. The predicted molar refractivity (Wildman–Crippen MR) is 99.3 cm³/mol. The maximum absolute atomic E-state index is 12.2. The van der Waals surface area contributed by atoms with Gasteiger partial charge in [-0.2, -0.15) is 5.10 Å². The van der Waals surface area contributed by atoms with Gasteiger partial charge < -0.3 is 9.88 Å². The number of aromatic nitrogens is 3. The largest absolute Gasteiger partial charge is 0.355 e. The lowest BCUT2D eigenvalue weighted by Crippen LogP contribution is -2.32. The highest BCUT2D eigenvalue weighted by Gasteiger charge is 2.14. The third kappa shape index (κ3) is 5.19. The first-order valence-electron chi connectivity index (χ1n) is 7.35. The van der Waals surface area contributed by atoms with Gasteiger partial charge in [-0.25, -0.2) is 0 Å². The molecule has 1 unspecified atom stereocenters. The maximum atomic E-state index is 12.2. The van der Waals surface area contributed by atoms with E-state index in [1.807, 2.05) is 42.7 Å². The standard InChI is InChI=1S/C15H19BrN4OS2/c1-3-20-13(18-19-15(20)22)8-9-17-14(21)10(2)23-12-6-4-11(16)5-7-12/h4-7,10H,3,8-9H2,1-2H3,(H,17,21)(H,19,22). The lowest BCUT2D eigenvalue weighted by molar-refractivity contribution is -0.120. The number of halogens is 1. The van der Waals surface area contributed by atoms with Gasteiger partial charge in [0.15, 0.2) is 4.77 Å². The summed E-state index contributed by atoms with van der Waals surface area (Å²) in [5, 5.41) is 9.77. The number of hydrogen-bond donors (Lipinski definition) is 2. The predicted octanol–water partition coefficient (Wildman–Crippen LogP) is 3.56. The zero-order valence-corrected chi connectivity index (χ0v) is 16.2.